The van der Waals surface area contributed by atoms with E-state index in [9.17, 15) is 10.1 Å². The Morgan fingerprint density at radius 2 is 1.94 bits per heavy atom. The van der Waals surface area contributed by atoms with Crippen LogP contribution in [0.25, 0.3) is 0 Å². The minimum Gasteiger partial charge on any atom is -0.372 e. The van der Waals surface area contributed by atoms with E-state index in [2.05, 4.69) is 4.84 Å². The quantitative estimate of drug-likeness (QED) is 0.465. The van der Waals surface area contributed by atoms with Crippen molar-refractivity contribution < 1.29 is 24.1 Å². The van der Waals surface area contributed by atoms with Crippen molar-refractivity contribution in [1.29, 1.82) is 0 Å². The molecule has 8 heteroatoms. The summed E-state index contributed by atoms with van der Waals surface area (Å²) in [5, 5.41) is 9.40. The van der Waals surface area contributed by atoms with E-state index in [1.165, 1.54) is 0 Å². The first-order chi connectivity index (χ1) is 7.72. The number of fused-ring (bicyclic) bond motifs is 1. The van der Waals surface area contributed by atoms with Crippen molar-refractivity contribution in [3.63, 3.8) is 0 Å². The summed E-state index contributed by atoms with van der Waals surface area (Å²) in [5.41, 5.74) is 5.32. The summed E-state index contributed by atoms with van der Waals surface area (Å²) in [5.74, 6) is 0. The maximum absolute atomic E-state index is 10.2. The lowest BCUT2D eigenvalue weighted by molar-refractivity contribution is -0.769. The first kappa shape index (κ1) is 11.5. The van der Waals surface area contributed by atoms with Crippen molar-refractivity contribution in [2.45, 2.75) is 24.4 Å². The van der Waals surface area contributed by atoms with Gasteiger partial charge in [-0.15, -0.1) is 10.1 Å². The lowest BCUT2D eigenvalue weighted by Crippen LogP contribution is -2.35. The van der Waals surface area contributed by atoms with Crippen LogP contribution in [-0.4, -0.2) is 55.9 Å². The molecule has 0 aliphatic carbocycles. The summed E-state index contributed by atoms with van der Waals surface area (Å²) in [6.45, 7) is 1.34. The Balaban J connectivity index is 1.87. The molecule has 0 bridgehead atoms. The highest BCUT2D eigenvalue weighted by molar-refractivity contribution is 4.95. The Morgan fingerprint density at radius 3 is 2.56 bits per heavy atom. The zero-order valence-electron chi connectivity index (χ0n) is 8.61. The molecular formula is C8H14N2O6. The fourth-order valence-electron chi connectivity index (χ4n) is 1.99. The summed E-state index contributed by atoms with van der Waals surface area (Å²) in [6.07, 6.45) is -1.59. The Labute approximate surface area is 91.7 Å². The molecule has 2 fully saturated rings. The van der Waals surface area contributed by atoms with Crippen molar-refractivity contribution in [1.82, 2.24) is 0 Å². The molecule has 4 atom stereocenters. The van der Waals surface area contributed by atoms with Gasteiger partial charge >= 0.3 is 0 Å². The summed E-state index contributed by atoms with van der Waals surface area (Å²) in [4.78, 5) is 14.7. The highest BCUT2D eigenvalue weighted by Gasteiger charge is 2.49. The van der Waals surface area contributed by atoms with Crippen molar-refractivity contribution in [2.24, 2.45) is 5.73 Å². The van der Waals surface area contributed by atoms with Crippen LogP contribution in [0.1, 0.15) is 0 Å². The van der Waals surface area contributed by atoms with Crippen LogP contribution in [0.2, 0.25) is 0 Å². The molecule has 0 radical (unpaired) electrons. The second kappa shape index (κ2) is 4.91. The van der Waals surface area contributed by atoms with E-state index >= 15 is 0 Å². The van der Waals surface area contributed by atoms with Crippen LogP contribution in [0.5, 0.6) is 0 Å². The monoisotopic (exact) mass is 234 g/mol. The summed E-state index contributed by atoms with van der Waals surface area (Å²) < 4.78 is 16.2. The number of nitrogens with zero attached hydrogens (tertiary/aromatic N) is 1. The van der Waals surface area contributed by atoms with Gasteiger partial charge in [-0.25, -0.2) is 0 Å². The molecule has 0 spiro atoms. The van der Waals surface area contributed by atoms with Gasteiger partial charge in [-0.05, 0) is 0 Å². The van der Waals surface area contributed by atoms with Gasteiger partial charge in [-0.1, -0.05) is 0 Å². The normalized spacial score (nSPS) is 37.3. The third-order valence-electron chi connectivity index (χ3n) is 2.63. The van der Waals surface area contributed by atoms with E-state index in [1.54, 1.807) is 0 Å². The third-order valence-corrected chi connectivity index (χ3v) is 2.63. The van der Waals surface area contributed by atoms with E-state index in [0.29, 0.717) is 19.8 Å². The van der Waals surface area contributed by atoms with Gasteiger partial charge in [0.15, 0.2) is 6.10 Å². The highest BCUT2D eigenvalue weighted by Crippen LogP contribution is 2.30. The number of ether oxygens (including phenoxy) is 3. The smallest absolute Gasteiger partial charge is 0.294 e. The van der Waals surface area contributed by atoms with E-state index < -0.39 is 17.3 Å². The molecule has 0 amide bonds. The van der Waals surface area contributed by atoms with Gasteiger partial charge in [-0.3, -0.25) is 0 Å². The molecule has 2 rings (SSSR count). The second-order valence-electron chi connectivity index (χ2n) is 3.66. The minimum absolute atomic E-state index is 0.152. The number of nitrogens with two attached hydrogens (primary N) is 1. The highest BCUT2D eigenvalue weighted by atomic mass is 17.0. The maximum atomic E-state index is 10.2. The fraction of sp³-hybridized carbons (Fsp3) is 1.00. The van der Waals surface area contributed by atoms with Gasteiger partial charge in [0.1, 0.15) is 18.3 Å². The molecule has 16 heavy (non-hydrogen) atoms. The summed E-state index contributed by atoms with van der Waals surface area (Å²) in [6, 6.07) is 0. The molecule has 0 saturated carbocycles. The zero-order valence-corrected chi connectivity index (χ0v) is 8.61. The SMILES string of the molecule is NCCO[C@@H]1CO[C@H]2[C@@H]1OC[C@@H]2O[N+](=O)[O-]. The van der Waals surface area contributed by atoms with E-state index in [-0.39, 0.29) is 18.8 Å². The summed E-state index contributed by atoms with van der Waals surface area (Å²) in [7, 11) is 0. The molecule has 2 aliphatic heterocycles. The first-order valence-corrected chi connectivity index (χ1v) is 5.08. The zero-order chi connectivity index (χ0) is 11.5. The molecular weight excluding hydrogens is 220 g/mol. The van der Waals surface area contributed by atoms with E-state index in [4.69, 9.17) is 19.9 Å². The van der Waals surface area contributed by atoms with Crippen LogP contribution in [0.15, 0.2) is 0 Å². The van der Waals surface area contributed by atoms with Gasteiger partial charge in [0.2, 0.25) is 0 Å². The lowest BCUT2D eigenvalue weighted by atomic mass is 10.1. The van der Waals surface area contributed by atoms with Crippen LogP contribution < -0.4 is 5.73 Å². The Morgan fingerprint density at radius 1 is 1.31 bits per heavy atom. The molecule has 2 heterocycles. The first-order valence-electron chi connectivity index (χ1n) is 5.08. The predicted molar refractivity (Wildman–Crippen MR) is 50.1 cm³/mol. The van der Waals surface area contributed by atoms with Crippen molar-refractivity contribution in [3.05, 3.63) is 10.1 Å². The topological polar surface area (TPSA) is 106 Å². The summed E-state index contributed by atoms with van der Waals surface area (Å²) >= 11 is 0. The van der Waals surface area contributed by atoms with Gasteiger partial charge in [0.05, 0.1) is 19.8 Å². The molecule has 8 nitrogen and oxygen atoms in total. The van der Waals surface area contributed by atoms with Gasteiger partial charge in [0, 0.05) is 6.54 Å². The average molecular weight is 234 g/mol. The molecule has 2 N–H and O–H groups in total. The average Bonchev–Trinajstić information content (AvgIpc) is 2.78. The van der Waals surface area contributed by atoms with Crippen LogP contribution >= 0.6 is 0 Å². The number of hydrogen-bond donors (Lipinski definition) is 1. The van der Waals surface area contributed by atoms with Crippen molar-refractivity contribution >= 4 is 0 Å². The largest absolute Gasteiger partial charge is 0.372 e. The molecule has 0 aromatic heterocycles. The van der Waals surface area contributed by atoms with E-state index in [0.717, 1.165) is 0 Å². The molecule has 0 unspecified atom stereocenters. The minimum atomic E-state index is -0.826. The number of rotatable bonds is 5. The standard InChI is InChI=1S/C8H14N2O6/c9-1-2-13-5-3-14-8-6(16-10(11)12)4-15-7(5)8/h5-8H,1-4,9H2/t5-,6+,7-,8-/m1/s1. The molecule has 0 aromatic rings. The van der Waals surface area contributed by atoms with Gasteiger partial charge < -0.3 is 24.8 Å². The van der Waals surface area contributed by atoms with Crippen LogP contribution in [0, 0.1) is 10.1 Å². The van der Waals surface area contributed by atoms with Crippen LogP contribution in [0.3, 0.4) is 0 Å². The van der Waals surface area contributed by atoms with Crippen molar-refractivity contribution in [2.75, 3.05) is 26.4 Å². The molecule has 2 saturated heterocycles. The Hall–Kier alpha value is -0.960. The van der Waals surface area contributed by atoms with Gasteiger partial charge in [-0.2, -0.15) is 0 Å². The van der Waals surface area contributed by atoms with E-state index in [1.807, 2.05) is 0 Å². The Bertz CT molecular complexity index is 263. The fourth-order valence-corrected chi connectivity index (χ4v) is 1.99. The molecule has 2 aliphatic rings. The Kier molecular flexibility index (Phi) is 3.54. The molecule has 0 aromatic carbocycles. The third kappa shape index (κ3) is 2.24. The van der Waals surface area contributed by atoms with Crippen LogP contribution in [-0.2, 0) is 19.0 Å². The lowest BCUT2D eigenvalue weighted by Gasteiger charge is -2.16. The second-order valence-corrected chi connectivity index (χ2v) is 3.66. The van der Waals surface area contributed by atoms with Crippen LogP contribution in [0.4, 0.5) is 0 Å². The number of hydrogen-bond acceptors (Lipinski definition) is 7. The maximum Gasteiger partial charge on any atom is 0.294 e. The van der Waals surface area contributed by atoms with Gasteiger partial charge in [0.25, 0.3) is 5.09 Å². The van der Waals surface area contributed by atoms with Crippen molar-refractivity contribution in [3.8, 4) is 0 Å². The molecule has 92 valence electrons. The predicted octanol–water partition coefficient (Wildman–Crippen LogP) is -1.30.